The van der Waals surface area contributed by atoms with E-state index in [1.165, 1.54) is 12.4 Å². The van der Waals surface area contributed by atoms with E-state index >= 15 is 0 Å². The molecule has 0 unspecified atom stereocenters. The molecule has 2 N–H and O–H groups in total. The van der Waals surface area contributed by atoms with E-state index in [2.05, 4.69) is 9.97 Å². The summed E-state index contributed by atoms with van der Waals surface area (Å²) in [6, 6.07) is 8.48. The van der Waals surface area contributed by atoms with E-state index in [0.717, 1.165) is 16.5 Å². The minimum absolute atomic E-state index is 0.0644. The number of hydrogen-bond donors (Lipinski definition) is 1. The van der Waals surface area contributed by atoms with Crippen LogP contribution in [0.3, 0.4) is 0 Å². The first-order chi connectivity index (χ1) is 10.7. The Hall–Kier alpha value is -2.66. The molecule has 2 aromatic carbocycles. The van der Waals surface area contributed by atoms with Crippen LogP contribution in [0.2, 0.25) is 5.02 Å². The lowest BCUT2D eigenvalue weighted by Gasteiger charge is -2.25. The summed E-state index contributed by atoms with van der Waals surface area (Å²) in [7, 11) is 0. The number of benzene rings is 2. The molecular formula is C16H10ClFN4. The summed E-state index contributed by atoms with van der Waals surface area (Å²) in [4.78, 5) is 10.2. The van der Waals surface area contributed by atoms with E-state index in [-0.39, 0.29) is 5.02 Å². The van der Waals surface area contributed by atoms with Crippen LogP contribution in [-0.2, 0) is 0 Å². The minimum atomic E-state index is -0.493. The standard InChI is InChI=1S/C16H10ClFN4/c17-10-2-1-3-13(15(10)18)22-7-6-9-11(19)4-5-12-14(9)16(22)21-8-20-12/h1-8H,19H2. The number of anilines is 3. The minimum Gasteiger partial charge on any atom is -0.398 e. The molecule has 3 aromatic rings. The Morgan fingerprint density at radius 1 is 1.14 bits per heavy atom. The smallest absolute Gasteiger partial charge is 0.165 e. The van der Waals surface area contributed by atoms with Gasteiger partial charge >= 0.3 is 0 Å². The van der Waals surface area contributed by atoms with Crippen LogP contribution >= 0.6 is 11.6 Å². The lowest BCUT2D eigenvalue weighted by atomic mass is 10.0. The van der Waals surface area contributed by atoms with Crippen molar-refractivity contribution >= 4 is 45.8 Å². The van der Waals surface area contributed by atoms with Crippen LogP contribution in [-0.4, -0.2) is 9.97 Å². The van der Waals surface area contributed by atoms with Gasteiger partial charge in [-0.3, -0.25) is 4.90 Å². The summed E-state index contributed by atoms with van der Waals surface area (Å²) in [5, 5.41) is 0.860. The average molecular weight is 313 g/mol. The first-order valence-electron chi connectivity index (χ1n) is 6.61. The monoisotopic (exact) mass is 312 g/mol. The van der Waals surface area contributed by atoms with Crippen LogP contribution in [0.25, 0.3) is 17.0 Å². The fourth-order valence-electron chi connectivity index (χ4n) is 2.63. The quantitative estimate of drug-likeness (QED) is 0.686. The van der Waals surface area contributed by atoms with Crippen molar-refractivity contribution in [3.05, 3.63) is 59.3 Å². The molecule has 0 saturated heterocycles. The summed E-state index contributed by atoms with van der Waals surface area (Å²) in [6.07, 6.45) is 5.01. The molecule has 0 radical (unpaired) electrons. The Morgan fingerprint density at radius 2 is 2.00 bits per heavy atom. The second-order valence-corrected chi connectivity index (χ2v) is 5.33. The maximum absolute atomic E-state index is 14.3. The lowest BCUT2D eigenvalue weighted by Crippen LogP contribution is -2.16. The van der Waals surface area contributed by atoms with Gasteiger partial charge in [-0.25, -0.2) is 14.4 Å². The second-order valence-electron chi connectivity index (χ2n) is 4.92. The van der Waals surface area contributed by atoms with E-state index in [0.29, 0.717) is 17.2 Å². The molecule has 108 valence electrons. The maximum Gasteiger partial charge on any atom is 0.165 e. The van der Waals surface area contributed by atoms with Crippen LogP contribution in [0.1, 0.15) is 5.56 Å². The molecule has 0 amide bonds. The fourth-order valence-corrected chi connectivity index (χ4v) is 2.80. The van der Waals surface area contributed by atoms with Gasteiger partial charge in [0, 0.05) is 17.5 Å². The molecule has 0 saturated carbocycles. The fraction of sp³-hybridized carbons (Fsp3) is 0. The molecule has 22 heavy (non-hydrogen) atoms. The molecule has 6 heteroatoms. The first kappa shape index (κ1) is 13.0. The summed E-state index contributed by atoms with van der Waals surface area (Å²) in [5.74, 6) is 0.0869. The summed E-state index contributed by atoms with van der Waals surface area (Å²) in [5.41, 5.74) is 8.57. The highest BCUT2D eigenvalue weighted by atomic mass is 35.5. The largest absolute Gasteiger partial charge is 0.398 e. The third-order valence-electron chi connectivity index (χ3n) is 3.67. The van der Waals surface area contributed by atoms with Crippen molar-refractivity contribution in [3.8, 4) is 0 Å². The van der Waals surface area contributed by atoms with Gasteiger partial charge in [0.05, 0.1) is 21.6 Å². The predicted molar refractivity (Wildman–Crippen MR) is 86.5 cm³/mol. The molecule has 4 nitrogen and oxygen atoms in total. The van der Waals surface area contributed by atoms with E-state index in [4.69, 9.17) is 17.3 Å². The molecule has 0 fully saturated rings. The number of nitrogens with zero attached hydrogens (tertiary/aromatic N) is 3. The van der Waals surface area contributed by atoms with Crippen LogP contribution in [0, 0.1) is 5.82 Å². The average Bonchev–Trinajstić information content (AvgIpc) is 2.54. The van der Waals surface area contributed by atoms with Gasteiger partial charge in [0.1, 0.15) is 12.1 Å². The van der Waals surface area contributed by atoms with Gasteiger partial charge in [0.15, 0.2) is 5.82 Å². The van der Waals surface area contributed by atoms with Gasteiger partial charge in [0.25, 0.3) is 0 Å². The topological polar surface area (TPSA) is 55.0 Å². The third kappa shape index (κ3) is 1.76. The highest BCUT2D eigenvalue weighted by molar-refractivity contribution is 6.31. The number of aromatic nitrogens is 2. The molecule has 0 aliphatic carbocycles. The second kappa shape index (κ2) is 4.68. The highest BCUT2D eigenvalue weighted by Crippen LogP contribution is 2.40. The molecular weight excluding hydrogens is 303 g/mol. The Morgan fingerprint density at radius 3 is 2.86 bits per heavy atom. The normalized spacial score (nSPS) is 12.9. The van der Waals surface area contributed by atoms with Gasteiger partial charge < -0.3 is 5.73 Å². The number of hydrogen-bond acceptors (Lipinski definition) is 4. The molecule has 0 spiro atoms. The molecule has 0 bridgehead atoms. The maximum atomic E-state index is 14.3. The van der Waals surface area contributed by atoms with Gasteiger partial charge in [0.2, 0.25) is 0 Å². The van der Waals surface area contributed by atoms with Crippen LogP contribution in [0.15, 0.2) is 42.9 Å². The molecule has 2 heterocycles. The highest BCUT2D eigenvalue weighted by Gasteiger charge is 2.22. The third-order valence-corrected chi connectivity index (χ3v) is 3.96. The molecule has 4 rings (SSSR count). The van der Waals surface area contributed by atoms with Crippen LogP contribution in [0.4, 0.5) is 21.6 Å². The summed E-state index contributed by atoms with van der Waals surface area (Å²) >= 11 is 5.88. The Labute approximate surface area is 130 Å². The summed E-state index contributed by atoms with van der Waals surface area (Å²) < 4.78 is 14.3. The van der Waals surface area contributed by atoms with E-state index in [1.54, 1.807) is 29.3 Å². The molecule has 1 aliphatic rings. The molecule has 1 aromatic heterocycles. The summed E-state index contributed by atoms with van der Waals surface area (Å²) in [6.45, 7) is 0. The zero-order valence-corrected chi connectivity index (χ0v) is 12.0. The lowest BCUT2D eigenvalue weighted by molar-refractivity contribution is 0.629. The Kier molecular flexibility index (Phi) is 2.77. The van der Waals surface area contributed by atoms with E-state index in [9.17, 15) is 4.39 Å². The van der Waals surface area contributed by atoms with Crippen molar-refractivity contribution in [1.29, 1.82) is 0 Å². The zero-order valence-electron chi connectivity index (χ0n) is 11.3. The van der Waals surface area contributed by atoms with Crippen molar-refractivity contribution < 1.29 is 4.39 Å². The van der Waals surface area contributed by atoms with Crippen molar-refractivity contribution in [1.82, 2.24) is 9.97 Å². The van der Waals surface area contributed by atoms with Gasteiger partial charge in [-0.15, -0.1) is 0 Å². The Balaban J connectivity index is 2.02. The van der Waals surface area contributed by atoms with E-state index < -0.39 is 5.82 Å². The number of halogens is 2. The van der Waals surface area contributed by atoms with E-state index in [1.807, 2.05) is 12.1 Å². The first-order valence-corrected chi connectivity index (χ1v) is 6.99. The van der Waals surface area contributed by atoms with Crippen molar-refractivity contribution in [2.75, 3.05) is 10.6 Å². The van der Waals surface area contributed by atoms with Gasteiger partial charge in [-0.2, -0.15) is 0 Å². The molecule has 0 atom stereocenters. The number of nitrogen functional groups attached to an aromatic ring is 1. The van der Waals surface area contributed by atoms with Crippen LogP contribution in [0.5, 0.6) is 0 Å². The van der Waals surface area contributed by atoms with Gasteiger partial charge in [-0.1, -0.05) is 17.7 Å². The van der Waals surface area contributed by atoms with Crippen LogP contribution < -0.4 is 10.6 Å². The predicted octanol–water partition coefficient (Wildman–Crippen LogP) is 4.13. The van der Waals surface area contributed by atoms with Crippen molar-refractivity contribution in [2.45, 2.75) is 0 Å². The number of rotatable bonds is 1. The zero-order chi connectivity index (χ0) is 15.3. The van der Waals surface area contributed by atoms with Gasteiger partial charge in [-0.05, 0) is 30.3 Å². The van der Waals surface area contributed by atoms with Crippen molar-refractivity contribution in [3.63, 3.8) is 0 Å². The number of nitrogens with two attached hydrogens (primary N) is 1. The SMILES string of the molecule is Nc1ccc2ncnc3c2c1C=CN3c1cccc(Cl)c1F. The Bertz CT molecular complexity index is 939. The molecule has 1 aliphatic heterocycles. The van der Waals surface area contributed by atoms with Crippen molar-refractivity contribution in [2.24, 2.45) is 0 Å².